The van der Waals surface area contributed by atoms with Crippen molar-refractivity contribution in [2.75, 3.05) is 0 Å². The number of rotatable bonds is 4. The summed E-state index contributed by atoms with van der Waals surface area (Å²) in [7, 11) is -7.19. The van der Waals surface area contributed by atoms with Gasteiger partial charge >= 0.3 is 0 Å². The van der Waals surface area contributed by atoms with Gasteiger partial charge in [-0.05, 0) is 45.0 Å². The highest BCUT2D eigenvalue weighted by Gasteiger charge is 3.11. The minimum atomic E-state index is -3.60. The number of fused-ring (bicyclic) bond motifs is 8. The van der Waals surface area contributed by atoms with E-state index in [0.29, 0.717) is 0 Å². The van der Waals surface area contributed by atoms with Crippen LogP contribution in [-0.4, -0.2) is 16.1 Å². The largest absolute Gasteiger partial charge is 0.477 e. The molecule has 0 unspecified atom stereocenters. The number of para-hydroxylation sites is 4. The number of hydrogen-bond donors (Lipinski definition) is 0. The lowest BCUT2D eigenvalue weighted by atomic mass is 9.45. The average molecular weight is 829 g/mol. The van der Waals surface area contributed by atoms with Crippen molar-refractivity contribution >= 4 is 69.2 Å². The van der Waals surface area contributed by atoms with Crippen LogP contribution in [-0.2, 0) is 21.3 Å². The van der Waals surface area contributed by atoms with Crippen molar-refractivity contribution in [2.45, 2.75) is 21.3 Å². The van der Waals surface area contributed by atoms with Crippen molar-refractivity contribution in [3.63, 3.8) is 0 Å². The van der Waals surface area contributed by atoms with Crippen LogP contribution in [0.3, 0.4) is 0 Å². The number of ether oxygens (including phenoxy) is 2. The Balaban J connectivity index is 1.30. The molecule has 0 radical (unpaired) electrons. The van der Waals surface area contributed by atoms with Crippen LogP contribution in [0.15, 0.2) is 227 Å². The lowest BCUT2D eigenvalue weighted by molar-refractivity contribution is -0.235. The Kier molecular flexibility index (Phi) is 5.97. The first-order valence-electron chi connectivity index (χ1n) is 21.6. The van der Waals surface area contributed by atoms with Crippen LogP contribution in [0.25, 0.3) is 21.9 Å². The fraction of sp³-hybridized carbons (Fsp3) is 0.0714. The van der Waals surface area contributed by atoms with E-state index in [4.69, 9.17) is 18.3 Å². The Morgan fingerprint density at radius 2 is 0.613 bits per heavy atom. The highest BCUT2D eigenvalue weighted by atomic mass is 28.3. The van der Waals surface area contributed by atoms with Crippen molar-refractivity contribution in [1.82, 2.24) is 0 Å². The normalized spacial score (nSPS) is 25.5. The third-order valence-corrected chi connectivity index (χ3v) is 27.2. The summed E-state index contributed by atoms with van der Waals surface area (Å²) in [6.45, 7) is 0. The topological polar surface area (TPSA) is 44.7 Å². The van der Waals surface area contributed by atoms with Gasteiger partial charge in [0.05, 0.1) is 0 Å². The summed E-state index contributed by atoms with van der Waals surface area (Å²) in [6, 6.07) is 80.5. The number of furan rings is 2. The van der Waals surface area contributed by atoms with E-state index in [1.54, 1.807) is 0 Å². The van der Waals surface area contributed by atoms with Crippen LogP contribution in [0.4, 0.5) is 0 Å². The molecule has 62 heavy (non-hydrogen) atoms. The molecule has 1 saturated carbocycles. The Bertz CT molecular complexity index is 3180. The monoisotopic (exact) mass is 828 g/mol. The van der Waals surface area contributed by atoms with E-state index >= 15 is 0 Å². The Morgan fingerprint density at radius 3 is 0.984 bits per heavy atom. The molecule has 2 aromatic heterocycles. The van der Waals surface area contributed by atoms with Gasteiger partial charge in [0.25, 0.3) is 0 Å². The van der Waals surface area contributed by atoms with E-state index in [-0.39, 0.29) is 0 Å². The molecule has 8 aromatic carbocycles. The second kappa shape index (κ2) is 11.0. The van der Waals surface area contributed by atoms with E-state index in [1.165, 1.54) is 31.1 Å². The summed E-state index contributed by atoms with van der Waals surface area (Å²) in [5.41, 5.74) is 1.77. The zero-order valence-electron chi connectivity index (χ0n) is 33.4. The second-order valence-electron chi connectivity index (χ2n) is 17.6. The van der Waals surface area contributed by atoms with E-state index < -0.39 is 37.4 Å². The maximum atomic E-state index is 8.40. The van der Waals surface area contributed by atoms with Crippen LogP contribution in [0.2, 0.25) is 0 Å². The number of hydrogen-bond acceptors (Lipinski definition) is 4. The molecule has 0 saturated heterocycles. The Morgan fingerprint density at radius 1 is 0.306 bits per heavy atom. The molecule has 0 N–H and O–H groups in total. The van der Waals surface area contributed by atoms with Crippen molar-refractivity contribution in [1.29, 1.82) is 0 Å². The molecule has 10 aromatic rings. The minimum Gasteiger partial charge on any atom is -0.477 e. The quantitative estimate of drug-likeness (QED) is 0.169. The average Bonchev–Trinajstić information content (AvgIpc) is 4.12. The van der Waals surface area contributed by atoms with Crippen LogP contribution in [0, 0.1) is 0 Å². The fourth-order valence-electron chi connectivity index (χ4n) is 14.6. The zero-order valence-corrected chi connectivity index (χ0v) is 35.4. The van der Waals surface area contributed by atoms with Gasteiger partial charge < -0.3 is 18.3 Å². The first kappa shape index (κ1) is 33.6. The van der Waals surface area contributed by atoms with Gasteiger partial charge in [0.15, 0.2) is 38.9 Å². The molecule has 0 atom stereocenters. The van der Waals surface area contributed by atoms with Crippen molar-refractivity contribution in [3.05, 3.63) is 241 Å². The van der Waals surface area contributed by atoms with Gasteiger partial charge in [-0.15, -0.1) is 0 Å². The van der Waals surface area contributed by atoms with E-state index in [0.717, 1.165) is 56.1 Å². The predicted molar refractivity (Wildman–Crippen MR) is 248 cm³/mol. The lowest BCUT2D eigenvalue weighted by Crippen LogP contribution is -3.00. The molecule has 6 heterocycles. The van der Waals surface area contributed by atoms with E-state index in [1.807, 2.05) is 0 Å². The fourth-order valence-corrected chi connectivity index (χ4v) is 29.0. The van der Waals surface area contributed by atoms with Gasteiger partial charge in [-0.1, -0.05) is 194 Å². The van der Waals surface area contributed by atoms with Crippen LogP contribution < -0.4 is 40.6 Å². The summed E-state index contributed by atoms with van der Waals surface area (Å²) in [5.74, 6) is 3.59. The molecule has 0 spiro atoms. The molecule has 6 heteroatoms. The molecular weight excluding hydrogens is 793 g/mol. The van der Waals surface area contributed by atoms with Crippen molar-refractivity contribution in [3.8, 4) is 11.5 Å². The third-order valence-electron chi connectivity index (χ3n) is 15.8. The number of benzene rings is 8. The smallest absolute Gasteiger partial charge is 0.191 e. The van der Waals surface area contributed by atoms with Crippen LogP contribution in [0.1, 0.15) is 22.6 Å². The lowest BCUT2D eigenvalue weighted by Gasteiger charge is -2.74. The van der Waals surface area contributed by atoms with Gasteiger partial charge in [-0.25, -0.2) is 0 Å². The maximum absolute atomic E-state index is 8.40. The van der Waals surface area contributed by atoms with Gasteiger partial charge in [0, 0.05) is 32.3 Å². The molecule has 0 amide bonds. The molecule has 1 fully saturated rings. The first-order chi connectivity index (χ1) is 30.7. The maximum Gasteiger partial charge on any atom is 0.191 e. The van der Waals surface area contributed by atoms with Crippen molar-refractivity contribution < 1.29 is 18.3 Å². The summed E-state index contributed by atoms with van der Waals surface area (Å²) < 4.78 is 32.3. The minimum absolute atomic E-state index is 0.872. The predicted octanol–water partition coefficient (Wildman–Crippen LogP) is 7.99. The van der Waals surface area contributed by atoms with E-state index in [9.17, 15) is 0 Å². The Hall–Kier alpha value is -7.13. The van der Waals surface area contributed by atoms with Crippen LogP contribution in [0.5, 0.6) is 11.5 Å². The molecule has 292 valence electrons. The summed E-state index contributed by atoms with van der Waals surface area (Å²) in [5, 5.41) is 8.07. The van der Waals surface area contributed by atoms with E-state index in [2.05, 4.69) is 218 Å². The SMILES string of the molecule is c1ccc([Si]2(c3ccccc3)c3c(oc4ccccc34)C34Oc5ccccc5C32C23Oc5ccccc5C42[Si](c2ccccc2)(c2ccccc2)c2c3oc3ccccc23)cc1. The molecule has 1 aliphatic carbocycles. The van der Waals surface area contributed by atoms with Crippen LogP contribution >= 0.6 is 0 Å². The molecular formula is C56H36O4Si2. The standard InChI is InChI=1S/C56H36O4Si2/c1-5-21-37(22-6-1)61(38-23-7-2-8-24-38)49-41-29-13-17-33-45(41)57-51(49)53-55(61,43-31-15-19-35-47(43)59-53)54-52-50(42-30-14-18-34-46(42)58-52)62(39-25-9-3-10-26-39,40-27-11-4-12-28-40)56(53,54)44-32-16-20-36-48(44)60-54/h1-36H. The molecule has 4 nitrogen and oxygen atoms in total. The molecule has 0 bridgehead atoms. The highest BCUT2D eigenvalue weighted by molar-refractivity contribution is 7.19. The van der Waals surface area contributed by atoms with Gasteiger partial charge in [-0.3, -0.25) is 0 Å². The zero-order chi connectivity index (χ0) is 40.5. The van der Waals surface area contributed by atoms with Gasteiger partial charge in [-0.2, -0.15) is 0 Å². The summed E-state index contributed by atoms with van der Waals surface area (Å²) in [4.78, 5) is 0. The first-order valence-corrected chi connectivity index (χ1v) is 25.6. The highest BCUT2D eigenvalue weighted by Crippen LogP contribution is 2.92. The second-order valence-corrected chi connectivity index (χ2v) is 25.4. The summed E-state index contributed by atoms with van der Waals surface area (Å²) >= 11 is 0. The summed E-state index contributed by atoms with van der Waals surface area (Å²) in [6.07, 6.45) is 0. The third kappa shape index (κ3) is 3.02. The molecule has 5 aliphatic rings. The van der Waals surface area contributed by atoms with Gasteiger partial charge in [0.2, 0.25) is 0 Å². The molecule has 15 rings (SSSR count). The molecule has 4 aliphatic heterocycles. The van der Waals surface area contributed by atoms with Gasteiger partial charge in [0.1, 0.15) is 32.7 Å². The van der Waals surface area contributed by atoms with Crippen molar-refractivity contribution in [2.24, 2.45) is 0 Å². The Labute approximate surface area is 359 Å².